The molecule has 19 heavy (non-hydrogen) atoms. The Labute approximate surface area is 114 Å². The van der Waals surface area contributed by atoms with Crippen LogP contribution >= 0.6 is 0 Å². The number of carbonyl (C=O) groups is 2. The second kappa shape index (κ2) is 4.69. The summed E-state index contributed by atoms with van der Waals surface area (Å²) < 4.78 is 5.27. The summed E-state index contributed by atoms with van der Waals surface area (Å²) in [6.07, 6.45) is 2.41. The van der Waals surface area contributed by atoms with E-state index in [1.165, 1.54) is 0 Å². The Balaban J connectivity index is 1.86. The van der Waals surface area contributed by atoms with E-state index in [1.807, 2.05) is 32.6 Å². The molecule has 2 rings (SSSR count). The molecular formula is C14H24N2O3. The Morgan fingerprint density at radius 1 is 1.32 bits per heavy atom. The number of likely N-dealkylation sites (tertiary alicyclic amines) is 1. The maximum atomic E-state index is 12.0. The van der Waals surface area contributed by atoms with Gasteiger partial charge in [-0.25, -0.2) is 4.79 Å². The van der Waals surface area contributed by atoms with Gasteiger partial charge in [0.2, 0.25) is 5.91 Å². The molecule has 2 fully saturated rings. The number of nitrogens with zero attached hydrogens (tertiary/aromatic N) is 1. The van der Waals surface area contributed by atoms with Crippen molar-refractivity contribution in [1.29, 1.82) is 0 Å². The average molecular weight is 268 g/mol. The van der Waals surface area contributed by atoms with Crippen molar-refractivity contribution in [1.82, 2.24) is 10.2 Å². The fourth-order valence-corrected chi connectivity index (χ4v) is 2.39. The first-order chi connectivity index (χ1) is 8.69. The van der Waals surface area contributed by atoms with Crippen LogP contribution in [0.4, 0.5) is 4.79 Å². The summed E-state index contributed by atoms with van der Waals surface area (Å²) in [7, 11) is 0. The molecule has 2 amide bonds. The lowest BCUT2D eigenvalue weighted by Gasteiger charge is -2.28. The zero-order valence-electron chi connectivity index (χ0n) is 12.3. The molecule has 5 heteroatoms. The summed E-state index contributed by atoms with van der Waals surface area (Å²) in [4.78, 5) is 25.7. The molecule has 1 aliphatic carbocycles. The van der Waals surface area contributed by atoms with Gasteiger partial charge in [0.05, 0.1) is 5.54 Å². The predicted molar refractivity (Wildman–Crippen MR) is 71.7 cm³/mol. The van der Waals surface area contributed by atoms with Crippen LogP contribution in [0.3, 0.4) is 0 Å². The van der Waals surface area contributed by atoms with Crippen molar-refractivity contribution in [2.24, 2.45) is 5.92 Å². The lowest BCUT2D eigenvalue weighted by atomic mass is 10.0. The van der Waals surface area contributed by atoms with E-state index in [2.05, 4.69) is 5.32 Å². The van der Waals surface area contributed by atoms with Gasteiger partial charge in [-0.3, -0.25) is 4.79 Å². The molecule has 0 aromatic carbocycles. The molecule has 0 unspecified atom stereocenters. The van der Waals surface area contributed by atoms with Crippen LogP contribution in [-0.2, 0) is 9.53 Å². The Bertz CT molecular complexity index is 385. The molecule has 5 nitrogen and oxygen atoms in total. The van der Waals surface area contributed by atoms with Crippen LogP contribution in [0.2, 0.25) is 0 Å². The quantitative estimate of drug-likeness (QED) is 0.832. The monoisotopic (exact) mass is 268 g/mol. The highest BCUT2D eigenvalue weighted by molar-refractivity contribution is 5.81. The third-order valence-corrected chi connectivity index (χ3v) is 3.51. The number of rotatable bonds is 2. The summed E-state index contributed by atoms with van der Waals surface area (Å²) in [5.74, 6) is 0.485. The van der Waals surface area contributed by atoms with Crippen LogP contribution in [0.25, 0.3) is 0 Å². The Morgan fingerprint density at radius 2 is 1.95 bits per heavy atom. The van der Waals surface area contributed by atoms with Gasteiger partial charge < -0.3 is 15.0 Å². The van der Waals surface area contributed by atoms with Gasteiger partial charge in [-0.05, 0) is 47.0 Å². The molecule has 108 valence electrons. The number of hydrogen-bond donors (Lipinski definition) is 1. The third kappa shape index (κ3) is 3.85. The van der Waals surface area contributed by atoms with E-state index in [0.29, 0.717) is 6.54 Å². The highest BCUT2D eigenvalue weighted by atomic mass is 16.6. The van der Waals surface area contributed by atoms with E-state index >= 15 is 0 Å². The lowest BCUT2D eigenvalue weighted by molar-refractivity contribution is -0.131. The maximum Gasteiger partial charge on any atom is 0.408 e. The van der Waals surface area contributed by atoms with Gasteiger partial charge in [0, 0.05) is 19.0 Å². The van der Waals surface area contributed by atoms with E-state index in [1.54, 1.807) is 0 Å². The van der Waals surface area contributed by atoms with E-state index < -0.39 is 11.7 Å². The molecule has 0 spiro atoms. The summed E-state index contributed by atoms with van der Waals surface area (Å²) in [5, 5.41) is 2.90. The zero-order valence-corrected chi connectivity index (χ0v) is 12.3. The van der Waals surface area contributed by atoms with Crippen LogP contribution in [0.15, 0.2) is 0 Å². The summed E-state index contributed by atoms with van der Waals surface area (Å²) in [5.41, 5.74) is -0.866. The average Bonchev–Trinajstić information content (AvgIpc) is 2.99. The standard InChI is InChI=1S/C14H24N2O3/c1-13(2,3)19-12(18)15-14(4)7-8-16(9-14)11(17)10-5-6-10/h10H,5-9H2,1-4H3,(H,15,18)/t14-/m0/s1. The zero-order chi connectivity index (χ0) is 14.3. The molecule has 0 bridgehead atoms. The van der Waals surface area contributed by atoms with Crippen molar-refractivity contribution in [3.05, 3.63) is 0 Å². The van der Waals surface area contributed by atoms with Crippen molar-refractivity contribution in [3.63, 3.8) is 0 Å². The van der Waals surface area contributed by atoms with E-state index in [-0.39, 0.29) is 17.4 Å². The fraction of sp³-hybridized carbons (Fsp3) is 0.857. The van der Waals surface area contributed by atoms with E-state index in [4.69, 9.17) is 4.74 Å². The Hall–Kier alpha value is -1.26. The summed E-state index contributed by atoms with van der Waals surface area (Å²) >= 11 is 0. The van der Waals surface area contributed by atoms with Crippen molar-refractivity contribution >= 4 is 12.0 Å². The number of alkyl carbamates (subject to hydrolysis) is 1. The third-order valence-electron chi connectivity index (χ3n) is 3.51. The molecule has 0 radical (unpaired) electrons. The van der Waals surface area contributed by atoms with Crippen LogP contribution < -0.4 is 5.32 Å². The van der Waals surface area contributed by atoms with Gasteiger partial charge in [-0.2, -0.15) is 0 Å². The molecule has 0 aromatic heterocycles. The van der Waals surface area contributed by atoms with Crippen LogP contribution in [0.1, 0.15) is 47.0 Å². The van der Waals surface area contributed by atoms with Crippen molar-refractivity contribution in [2.75, 3.05) is 13.1 Å². The van der Waals surface area contributed by atoms with Gasteiger partial charge in [0.25, 0.3) is 0 Å². The summed E-state index contributed by atoms with van der Waals surface area (Å²) in [6.45, 7) is 8.80. The summed E-state index contributed by atoms with van der Waals surface area (Å²) in [6, 6.07) is 0. The second-order valence-electron chi connectivity index (χ2n) is 6.97. The van der Waals surface area contributed by atoms with E-state index in [0.717, 1.165) is 25.8 Å². The van der Waals surface area contributed by atoms with Gasteiger partial charge in [0.15, 0.2) is 0 Å². The van der Waals surface area contributed by atoms with Crippen LogP contribution in [0.5, 0.6) is 0 Å². The lowest BCUT2D eigenvalue weighted by Crippen LogP contribution is -2.50. The molecule has 1 saturated heterocycles. The van der Waals surface area contributed by atoms with Crippen LogP contribution in [-0.4, -0.2) is 41.1 Å². The van der Waals surface area contributed by atoms with Crippen molar-refractivity contribution in [3.8, 4) is 0 Å². The van der Waals surface area contributed by atoms with Gasteiger partial charge >= 0.3 is 6.09 Å². The normalized spacial score (nSPS) is 27.3. The van der Waals surface area contributed by atoms with Gasteiger partial charge in [-0.1, -0.05) is 0 Å². The molecule has 0 aromatic rings. The molecule has 2 aliphatic rings. The van der Waals surface area contributed by atoms with E-state index in [9.17, 15) is 9.59 Å². The number of ether oxygens (including phenoxy) is 1. The topological polar surface area (TPSA) is 58.6 Å². The number of nitrogens with one attached hydrogen (secondary N) is 1. The number of carbonyl (C=O) groups excluding carboxylic acids is 2. The molecule has 1 aliphatic heterocycles. The van der Waals surface area contributed by atoms with Crippen molar-refractivity contribution in [2.45, 2.75) is 58.1 Å². The molecule has 1 atom stereocenters. The minimum atomic E-state index is -0.497. The highest BCUT2D eigenvalue weighted by Crippen LogP contribution is 2.33. The first-order valence-electron chi connectivity index (χ1n) is 6.98. The largest absolute Gasteiger partial charge is 0.444 e. The SMILES string of the molecule is CC(C)(C)OC(=O)N[C@@]1(C)CCN(C(=O)C2CC2)C1. The predicted octanol–water partition coefficient (Wildman–Crippen LogP) is 1.91. The Morgan fingerprint density at radius 3 is 2.47 bits per heavy atom. The maximum absolute atomic E-state index is 12.0. The first kappa shape index (κ1) is 14.2. The number of hydrogen-bond acceptors (Lipinski definition) is 3. The molecule has 1 N–H and O–H groups in total. The molecule has 1 heterocycles. The number of amides is 2. The van der Waals surface area contributed by atoms with Gasteiger partial charge in [0.1, 0.15) is 5.60 Å². The molecule has 1 saturated carbocycles. The molecular weight excluding hydrogens is 244 g/mol. The second-order valence-corrected chi connectivity index (χ2v) is 6.97. The van der Waals surface area contributed by atoms with Crippen LogP contribution in [0, 0.1) is 5.92 Å². The first-order valence-corrected chi connectivity index (χ1v) is 6.98. The Kier molecular flexibility index (Phi) is 3.49. The highest BCUT2D eigenvalue weighted by Gasteiger charge is 2.42. The van der Waals surface area contributed by atoms with Crippen molar-refractivity contribution < 1.29 is 14.3 Å². The fourth-order valence-electron chi connectivity index (χ4n) is 2.39. The smallest absolute Gasteiger partial charge is 0.408 e. The minimum Gasteiger partial charge on any atom is -0.444 e. The van der Waals surface area contributed by atoms with Gasteiger partial charge in [-0.15, -0.1) is 0 Å². The minimum absolute atomic E-state index is 0.240.